The molecule has 1 aromatic heterocycles. The van der Waals surface area contributed by atoms with Crippen LogP contribution >= 0.6 is 35.3 Å². The van der Waals surface area contributed by atoms with Gasteiger partial charge in [0.2, 0.25) is 5.88 Å². The fraction of sp³-hybridized carbons (Fsp3) is 0.235. The number of carbonyl (C=O) groups is 1. The zero-order chi connectivity index (χ0) is 18.0. The summed E-state index contributed by atoms with van der Waals surface area (Å²) in [5.74, 6) is -0.427. The van der Waals surface area contributed by atoms with Crippen LogP contribution in [0.25, 0.3) is 11.6 Å². The van der Waals surface area contributed by atoms with E-state index in [0.29, 0.717) is 21.0 Å². The molecule has 2 N–H and O–H groups in total. The summed E-state index contributed by atoms with van der Waals surface area (Å²) in [6.45, 7) is 0. The normalized spacial score (nSPS) is 15.5. The van der Waals surface area contributed by atoms with Gasteiger partial charge in [-0.2, -0.15) is 11.8 Å². The molecule has 3 rings (SSSR count). The molecule has 0 amide bonds. The number of fused-ring (bicyclic) bond motifs is 1. The van der Waals surface area contributed by atoms with Crippen LogP contribution in [0.1, 0.15) is 22.9 Å². The highest BCUT2D eigenvalue weighted by atomic mass is 32.2. The van der Waals surface area contributed by atoms with Gasteiger partial charge in [0, 0.05) is 17.4 Å². The van der Waals surface area contributed by atoms with Crippen molar-refractivity contribution in [2.75, 3.05) is 12.0 Å². The van der Waals surface area contributed by atoms with E-state index in [4.69, 9.17) is 12.2 Å². The number of aliphatic imine (C=N–C) groups is 1. The van der Waals surface area contributed by atoms with Gasteiger partial charge in [-0.15, -0.1) is 11.3 Å². The number of hydrogen-bond acceptors (Lipinski definition) is 6. The Hall–Kier alpha value is -1.90. The molecule has 2 heterocycles. The molecule has 0 bridgehead atoms. The minimum Gasteiger partial charge on any atom is -0.493 e. The van der Waals surface area contributed by atoms with Crippen LogP contribution in [0.15, 0.2) is 29.3 Å². The van der Waals surface area contributed by atoms with Crippen LogP contribution in [0.5, 0.6) is 5.88 Å². The molecule has 5 nitrogen and oxygen atoms in total. The first-order valence-electron chi connectivity index (χ1n) is 7.54. The maximum Gasteiger partial charge on any atom is 0.326 e. The summed E-state index contributed by atoms with van der Waals surface area (Å²) in [5, 5.41) is 20.1. The molecule has 0 saturated carbocycles. The molecule has 0 spiro atoms. The summed E-state index contributed by atoms with van der Waals surface area (Å²) < 4.78 is 1.68. The predicted molar refractivity (Wildman–Crippen MR) is 107 cm³/mol. The largest absolute Gasteiger partial charge is 0.493 e. The lowest BCUT2D eigenvalue weighted by atomic mass is 10.1. The molecule has 1 unspecified atom stereocenters. The van der Waals surface area contributed by atoms with E-state index in [1.165, 1.54) is 15.9 Å². The van der Waals surface area contributed by atoms with Crippen LogP contribution in [0.2, 0.25) is 0 Å². The second-order valence-electron chi connectivity index (χ2n) is 5.44. The van der Waals surface area contributed by atoms with Gasteiger partial charge in [-0.25, -0.2) is 4.79 Å². The van der Waals surface area contributed by atoms with Crippen molar-refractivity contribution in [2.45, 2.75) is 12.5 Å². The van der Waals surface area contributed by atoms with E-state index in [-0.39, 0.29) is 5.88 Å². The van der Waals surface area contributed by atoms with Crippen molar-refractivity contribution in [1.82, 2.24) is 4.57 Å². The van der Waals surface area contributed by atoms with Crippen molar-refractivity contribution in [3.05, 3.63) is 38.7 Å². The molecule has 130 valence electrons. The number of allylic oxidation sites excluding steroid dienone is 1. The van der Waals surface area contributed by atoms with E-state index in [1.54, 1.807) is 24.1 Å². The summed E-state index contributed by atoms with van der Waals surface area (Å²) in [6.07, 6.45) is 5.85. The van der Waals surface area contributed by atoms with Gasteiger partial charge in [0.15, 0.2) is 3.95 Å². The zero-order valence-corrected chi connectivity index (χ0v) is 15.8. The lowest BCUT2D eigenvalue weighted by molar-refractivity contribution is -0.141. The van der Waals surface area contributed by atoms with Gasteiger partial charge in [-0.05, 0) is 42.8 Å². The predicted octanol–water partition coefficient (Wildman–Crippen LogP) is 4.62. The molecule has 0 fully saturated rings. The Kier molecular flexibility index (Phi) is 5.41. The number of carboxylic acid groups (broad SMARTS) is 1. The first kappa shape index (κ1) is 17.9. The number of para-hydroxylation sites is 1. The van der Waals surface area contributed by atoms with Crippen molar-refractivity contribution < 1.29 is 15.0 Å². The van der Waals surface area contributed by atoms with Crippen molar-refractivity contribution in [3.8, 4) is 5.88 Å². The minimum atomic E-state index is -0.995. The van der Waals surface area contributed by atoms with E-state index >= 15 is 0 Å². The lowest BCUT2D eigenvalue weighted by Gasteiger charge is -2.14. The van der Waals surface area contributed by atoms with E-state index in [2.05, 4.69) is 4.99 Å². The Bertz CT molecular complexity index is 927. The topological polar surface area (TPSA) is 74.8 Å². The average Bonchev–Trinajstić information content (AvgIpc) is 3.11. The van der Waals surface area contributed by atoms with Crippen LogP contribution in [0.4, 0.5) is 5.69 Å². The van der Waals surface area contributed by atoms with Crippen molar-refractivity contribution in [3.63, 3.8) is 0 Å². The molecule has 0 aliphatic carbocycles. The van der Waals surface area contributed by atoms with E-state index in [0.717, 1.165) is 16.8 Å². The van der Waals surface area contributed by atoms with Gasteiger partial charge in [-0.1, -0.05) is 18.2 Å². The molecule has 1 atom stereocenters. The Labute approximate surface area is 158 Å². The number of aromatic nitrogens is 1. The van der Waals surface area contributed by atoms with Crippen LogP contribution in [-0.2, 0) is 4.79 Å². The molecule has 1 aliphatic heterocycles. The maximum atomic E-state index is 11.6. The number of aliphatic carboxylic acids is 1. The Balaban J connectivity index is 2.01. The maximum absolute atomic E-state index is 11.6. The van der Waals surface area contributed by atoms with E-state index < -0.39 is 12.0 Å². The third-order valence-corrected chi connectivity index (χ3v) is 5.86. The highest BCUT2D eigenvalue weighted by Gasteiger charge is 2.25. The van der Waals surface area contributed by atoms with Crippen LogP contribution in [0, 0.1) is 3.95 Å². The molecule has 0 radical (unpaired) electrons. The van der Waals surface area contributed by atoms with Crippen molar-refractivity contribution >= 4 is 64.8 Å². The van der Waals surface area contributed by atoms with Gasteiger partial charge < -0.3 is 10.2 Å². The smallest absolute Gasteiger partial charge is 0.326 e. The van der Waals surface area contributed by atoms with Crippen LogP contribution < -0.4 is 0 Å². The quantitative estimate of drug-likeness (QED) is 0.702. The average molecular weight is 393 g/mol. The van der Waals surface area contributed by atoms with Crippen LogP contribution in [-0.4, -0.2) is 39.0 Å². The van der Waals surface area contributed by atoms with Gasteiger partial charge in [0.25, 0.3) is 0 Å². The summed E-state index contributed by atoms with van der Waals surface area (Å²) in [7, 11) is 0. The van der Waals surface area contributed by atoms with Crippen molar-refractivity contribution in [2.24, 2.45) is 4.99 Å². The highest BCUT2D eigenvalue weighted by Crippen LogP contribution is 2.37. The first-order chi connectivity index (χ1) is 12.0. The summed E-state index contributed by atoms with van der Waals surface area (Å²) >= 11 is 8.08. The number of rotatable bonds is 6. The zero-order valence-electron chi connectivity index (χ0n) is 13.4. The number of carboxylic acids is 1. The standard InChI is InChI=1S/C17H16N2O3S3/c1-24-7-6-13(16(21)22)19-15(20)14(25-17(19)23)8-10-9-18-12-5-3-2-4-11(10)12/h2-5,8-9,13,20H,6-7H2,1H3,(H,21,22). The first-order valence-corrected chi connectivity index (χ1v) is 10.2. The molecule has 8 heteroatoms. The summed E-state index contributed by atoms with van der Waals surface area (Å²) in [4.78, 5) is 16.5. The van der Waals surface area contributed by atoms with E-state index in [9.17, 15) is 15.0 Å². The van der Waals surface area contributed by atoms with Gasteiger partial charge in [0.05, 0.1) is 10.6 Å². The SMILES string of the molecule is CSCCC(C(=O)O)n1c(O)c(C=C2C=Nc3ccccc32)sc1=S. The molecule has 1 aromatic carbocycles. The van der Waals surface area contributed by atoms with Crippen LogP contribution in [0.3, 0.4) is 0 Å². The molecule has 1 aliphatic rings. The fourth-order valence-electron chi connectivity index (χ4n) is 2.65. The van der Waals surface area contributed by atoms with E-state index in [1.807, 2.05) is 30.5 Å². The highest BCUT2D eigenvalue weighted by molar-refractivity contribution is 7.98. The minimum absolute atomic E-state index is 0.103. The van der Waals surface area contributed by atoms with Gasteiger partial charge >= 0.3 is 5.97 Å². The van der Waals surface area contributed by atoms with Crippen molar-refractivity contribution in [1.29, 1.82) is 0 Å². The molecule has 0 saturated heterocycles. The number of nitrogens with zero attached hydrogens (tertiary/aromatic N) is 2. The molecular formula is C17H16N2O3S3. The summed E-state index contributed by atoms with van der Waals surface area (Å²) in [6, 6.07) is 6.85. The second-order valence-corrected chi connectivity index (χ2v) is 8.10. The number of benzene rings is 1. The van der Waals surface area contributed by atoms with Gasteiger partial charge in [0.1, 0.15) is 6.04 Å². The van der Waals surface area contributed by atoms with Gasteiger partial charge in [-0.3, -0.25) is 9.56 Å². The Morgan fingerprint density at radius 2 is 2.24 bits per heavy atom. The molecule has 2 aromatic rings. The third kappa shape index (κ3) is 3.56. The number of aromatic hydroxyl groups is 1. The number of hydrogen-bond donors (Lipinski definition) is 2. The number of thioether (sulfide) groups is 1. The Morgan fingerprint density at radius 3 is 2.96 bits per heavy atom. The monoisotopic (exact) mass is 392 g/mol. The molecule has 25 heavy (non-hydrogen) atoms. The fourth-order valence-corrected chi connectivity index (χ4v) is 4.47. The summed E-state index contributed by atoms with van der Waals surface area (Å²) in [5.41, 5.74) is 2.72. The lowest BCUT2D eigenvalue weighted by Crippen LogP contribution is -2.19. The second kappa shape index (κ2) is 7.55. The third-order valence-electron chi connectivity index (χ3n) is 3.88. The number of thiazole rings is 1. The molecular weight excluding hydrogens is 376 g/mol. The Morgan fingerprint density at radius 1 is 1.48 bits per heavy atom.